The van der Waals surface area contributed by atoms with E-state index >= 15 is 0 Å². The maximum Gasteiger partial charge on any atom is 0.226 e. The summed E-state index contributed by atoms with van der Waals surface area (Å²) in [4.78, 5) is 16.4. The summed E-state index contributed by atoms with van der Waals surface area (Å²) in [5, 5.41) is 3.00. The SMILES string of the molecule is O=C(NCc1ccncc1)C1CNNC1c1cccc(Br)c1. The monoisotopic (exact) mass is 360 g/mol. The van der Waals surface area contributed by atoms with Crippen molar-refractivity contribution in [2.24, 2.45) is 5.92 Å². The lowest BCUT2D eigenvalue weighted by atomic mass is 9.94. The Morgan fingerprint density at radius 3 is 2.91 bits per heavy atom. The van der Waals surface area contributed by atoms with Crippen LogP contribution in [0, 0.1) is 5.92 Å². The number of amides is 1. The molecule has 0 spiro atoms. The number of carbonyl (C=O) groups is 1. The summed E-state index contributed by atoms with van der Waals surface area (Å²) >= 11 is 3.47. The smallest absolute Gasteiger partial charge is 0.226 e. The molecule has 2 atom stereocenters. The van der Waals surface area contributed by atoms with Crippen molar-refractivity contribution < 1.29 is 4.79 Å². The first-order chi connectivity index (χ1) is 10.7. The lowest BCUT2D eigenvalue weighted by Crippen LogP contribution is -2.34. The molecule has 0 bridgehead atoms. The van der Waals surface area contributed by atoms with E-state index in [0.29, 0.717) is 13.1 Å². The van der Waals surface area contributed by atoms with Crippen LogP contribution < -0.4 is 16.2 Å². The molecule has 3 N–H and O–H groups in total. The fraction of sp³-hybridized carbons (Fsp3) is 0.250. The van der Waals surface area contributed by atoms with Crippen molar-refractivity contribution in [1.29, 1.82) is 0 Å². The van der Waals surface area contributed by atoms with Gasteiger partial charge in [-0.05, 0) is 35.4 Å². The Morgan fingerprint density at radius 2 is 2.14 bits per heavy atom. The number of hydrazine groups is 1. The average Bonchev–Trinajstić information content (AvgIpc) is 3.03. The summed E-state index contributed by atoms with van der Waals surface area (Å²) in [6.45, 7) is 1.13. The largest absolute Gasteiger partial charge is 0.352 e. The zero-order chi connectivity index (χ0) is 15.4. The standard InChI is InChI=1S/C16H17BrN4O/c17-13-3-1-2-12(8-13)15-14(10-20-21-15)16(22)19-9-11-4-6-18-7-5-11/h1-8,14-15,20-21H,9-10H2,(H,19,22). The Kier molecular flexibility index (Phi) is 4.82. The molecule has 2 unspecified atom stereocenters. The number of hydrogen-bond donors (Lipinski definition) is 3. The Morgan fingerprint density at radius 1 is 1.32 bits per heavy atom. The second-order valence-corrected chi connectivity index (χ2v) is 6.15. The first-order valence-corrected chi connectivity index (χ1v) is 7.94. The van der Waals surface area contributed by atoms with E-state index in [9.17, 15) is 4.79 Å². The van der Waals surface area contributed by atoms with Gasteiger partial charge in [-0.15, -0.1) is 0 Å². The van der Waals surface area contributed by atoms with Crippen molar-refractivity contribution in [3.05, 3.63) is 64.4 Å². The molecule has 1 aromatic carbocycles. The quantitative estimate of drug-likeness (QED) is 0.779. The number of pyridine rings is 1. The van der Waals surface area contributed by atoms with Crippen LogP contribution in [0.4, 0.5) is 0 Å². The van der Waals surface area contributed by atoms with Crippen LogP contribution in [-0.2, 0) is 11.3 Å². The average molecular weight is 361 g/mol. The van der Waals surface area contributed by atoms with Gasteiger partial charge in [0.05, 0.1) is 12.0 Å². The third kappa shape index (κ3) is 3.52. The number of aromatic nitrogens is 1. The Hall–Kier alpha value is -1.76. The van der Waals surface area contributed by atoms with E-state index in [1.54, 1.807) is 12.4 Å². The van der Waals surface area contributed by atoms with Gasteiger partial charge in [-0.2, -0.15) is 0 Å². The molecule has 1 aliphatic heterocycles. The highest BCUT2D eigenvalue weighted by atomic mass is 79.9. The fourth-order valence-electron chi connectivity index (χ4n) is 2.58. The van der Waals surface area contributed by atoms with Gasteiger partial charge in [0.2, 0.25) is 5.91 Å². The summed E-state index contributed by atoms with van der Waals surface area (Å²) in [5.74, 6) is -0.101. The minimum atomic E-state index is -0.142. The number of carbonyl (C=O) groups excluding carboxylic acids is 1. The van der Waals surface area contributed by atoms with Crippen LogP contribution in [0.5, 0.6) is 0 Å². The van der Waals surface area contributed by atoms with Crippen molar-refractivity contribution in [3.63, 3.8) is 0 Å². The number of benzene rings is 1. The molecular weight excluding hydrogens is 344 g/mol. The van der Waals surface area contributed by atoms with Crippen molar-refractivity contribution in [2.45, 2.75) is 12.6 Å². The first-order valence-electron chi connectivity index (χ1n) is 7.14. The topological polar surface area (TPSA) is 66.0 Å². The van der Waals surface area contributed by atoms with Crippen LogP contribution in [0.25, 0.3) is 0 Å². The van der Waals surface area contributed by atoms with Gasteiger partial charge < -0.3 is 5.32 Å². The molecule has 22 heavy (non-hydrogen) atoms. The maximum absolute atomic E-state index is 12.5. The van der Waals surface area contributed by atoms with Gasteiger partial charge in [-0.3, -0.25) is 15.2 Å². The van der Waals surface area contributed by atoms with Crippen LogP contribution in [0.1, 0.15) is 17.2 Å². The zero-order valence-electron chi connectivity index (χ0n) is 11.9. The molecule has 2 aromatic rings. The second-order valence-electron chi connectivity index (χ2n) is 5.24. The lowest BCUT2D eigenvalue weighted by molar-refractivity contribution is -0.125. The molecule has 0 saturated carbocycles. The van der Waals surface area contributed by atoms with Gasteiger partial charge in [0.15, 0.2) is 0 Å². The van der Waals surface area contributed by atoms with Crippen molar-refractivity contribution in [3.8, 4) is 0 Å². The molecule has 0 radical (unpaired) electrons. The van der Waals surface area contributed by atoms with E-state index in [0.717, 1.165) is 15.6 Å². The molecule has 2 heterocycles. The normalized spacial score (nSPS) is 20.8. The highest BCUT2D eigenvalue weighted by Gasteiger charge is 2.33. The maximum atomic E-state index is 12.5. The van der Waals surface area contributed by atoms with Gasteiger partial charge >= 0.3 is 0 Å². The summed E-state index contributed by atoms with van der Waals surface area (Å²) in [7, 11) is 0. The van der Waals surface area contributed by atoms with Crippen LogP contribution in [-0.4, -0.2) is 17.4 Å². The van der Waals surface area contributed by atoms with E-state index in [1.807, 2.05) is 36.4 Å². The minimum absolute atomic E-state index is 0.0325. The van der Waals surface area contributed by atoms with E-state index in [-0.39, 0.29) is 17.9 Å². The van der Waals surface area contributed by atoms with E-state index in [1.165, 1.54) is 0 Å². The third-order valence-electron chi connectivity index (χ3n) is 3.74. The fourth-order valence-corrected chi connectivity index (χ4v) is 2.99. The molecule has 1 fully saturated rings. The van der Waals surface area contributed by atoms with Crippen LogP contribution >= 0.6 is 15.9 Å². The molecule has 0 aliphatic carbocycles. The molecule has 3 rings (SSSR count). The molecule has 1 amide bonds. The van der Waals surface area contributed by atoms with Gasteiger partial charge in [0.25, 0.3) is 0 Å². The number of rotatable bonds is 4. The number of hydrogen-bond acceptors (Lipinski definition) is 4. The molecule has 1 aromatic heterocycles. The minimum Gasteiger partial charge on any atom is -0.352 e. The van der Waals surface area contributed by atoms with Crippen molar-refractivity contribution in [1.82, 2.24) is 21.2 Å². The summed E-state index contributed by atoms with van der Waals surface area (Å²) in [5.41, 5.74) is 8.40. The predicted octanol–water partition coefficient (Wildman–Crippen LogP) is 1.93. The molecule has 1 aliphatic rings. The molecule has 114 valence electrons. The van der Waals surface area contributed by atoms with Gasteiger partial charge in [0, 0.05) is 30.0 Å². The van der Waals surface area contributed by atoms with Gasteiger partial charge in [0.1, 0.15) is 0 Å². The predicted molar refractivity (Wildman–Crippen MR) is 87.6 cm³/mol. The Bertz CT molecular complexity index is 650. The summed E-state index contributed by atoms with van der Waals surface area (Å²) in [6.07, 6.45) is 3.45. The van der Waals surface area contributed by atoms with E-state index in [4.69, 9.17) is 0 Å². The Labute approximate surface area is 137 Å². The van der Waals surface area contributed by atoms with E-state index < -0.39 is 0 Å². The van der Waals surface area contributed by atoms with Crippen LogP contribution in [0.2, 0.25) is 0 Å². The highest BCUT2D eigenvalue weighted by molar-refractivity contribution is 9.10. The van der Waals surface area contributed by atoms with Crippen molar-refractivity contribution >= 4 is 21.8 Å². The van der Waals surface area contributed by atoms with Crippen molar-refractivity contribution in [2.75, 3.05) is 6.54 Å². The molecule has 5 nitrogen and oxygen atoms in total. The second kappa shape index (κ2) is 7.00. The van der Waals surface area contributed by atoms with Gasteiger partial charge in [-0.25, -0.2) is 5.43 Å². The van der Waals surface area contributed by atoms with Crippen LogP contribution in [0.15, 0.2) is 53.3 Å². The number of nitrogens with zero attached hydrogens (tertiary/aromatic N) is 1. The third-order valence-corrected chi connectivity index (χ3v) is 4.24. The lowest BCUT2D eigenvalue weighted by Gasteiger charge is -2.18. The number of nitrogens with one attached hydrogen (secondary N) is 3. The van der Waals surface area contributed by atoms with Gasteiger partial charge in [-0.1, -0.05) is 28.1 Å². The molecule has 1 saturated heterocycles. The summed E-state index contributed by atoms with van der Waals surface area (Å²) < 4.78 is 1.01. The molecule has 6 heteroatoms. The van der Waals surface area contributed by atoms with Crippen LogP contribution in [0.3, 0.4) is 0 Å². The molecular formula is C16H17BrN4O. The Balaban J connectivity index is 1.66. The van der Waals surface area contributed by atoms with E-state index in [2.05, 4.69) is 37.1 Å². The number of halogens is 1. The zero-order valence-corrected chi connectivity index (χ0v) is 13.5. The summed E-state index contributed by atoms with van der Waals surface area (Å²) in [6, 6.07) is 11.8. The first kappa shape index (κ1) is 15.1. The highest BCUT2D eigenvalue weighted by Crippen LogP contribution is 2.27.